The third-order valence-electron chi connectivity index (χ3n) is 7.58. The van der Waals surface area contributed by atoms with Crippen LogP contribution in [0.25, 0.3) is 10.9 Å². The van der Waals surface area contributed by atoms with Gasteiger partial charge in [0.15, 0.2) is 11.5 Å². The summed E-state index contributed by atoms with van der Waals surface area (Å²) < 4.78 is 12.6. The zero-order valence-electron chi connectivity index (χ0n) is 23.1. The molecule has 5 rings (SSSR count). The lowest BCUT2D eigenvalue weighted by molar-refractivity contribution is -0.146. The molecule has 1 atom stereocenters. The van der Waals surface area contributed by atoms with Crippen LogP contribution in [0.2, 0.25) is 5.02 Å². The monoisotopic (exact) mass is 574 g/mol. The Labute approximate surface area is 243 Å². The normalized spacial score (nSPS) is 14.9. The van der Waals surface area contributed by atoms with E-state index in [1.807, 2.05) is 13.0 Å². The number of rotatable bonds is 7. The number of carbonyl (C=O) groups excluding carboxylic acids is 3. The maximum Gasteiger partial charge on any atom is 0.334 e. The first kappa shape index (κ1) is 28.4. The topological polar surface area (TPSA) is 98.1 Å². The Balaban J connectivity index is 1.45. The number of nitrogens with zero attached hydrogens (tertiary/aromatic N) is 2. The summed E-state index contributed by atoms with van der Waals surface area (Å²) in [6.45, 7) is 3.96. The number of halogens is 1. The Morgan fingerprint density at radius 1 is 1.00 bits per heavy atom. The van der Waals surface area contributed by atoms with E-state index in [-0.39, 0.29) is 24.8 Å². The maximum atomic E-state index is 13.7. The first-order valence-electron chi connectivity index (χ1n) is 13.4. The molecule has 8 nitrogen and oxygen atoms in total. The van der Waals surface area contributed by atoms with Gasteiger partial charge in [0, 0.05) is 28.2 Å². The minimum atomic E-state index is -0.731. The number of aliphatic hydroxyl groups excluding tert-OH is 1. The van der Waals surface area contributed by atoms with Gasteiger partial charge in [-0.2, -0.15) is 0 Å². The van der Waals surface area contributed by atoms with E-state index in [0.29, 0.717) is 69.2 Å². The van der Waals surface area contributed by atoms with Gasteiger partial charge in [0.1, 0.15) is 6.04 Å². The molecular weight excluding hydrogens is 544 g/mol. The largest absolute Gasteiger partial charge is 0.493 e. The van der Waals surface area contributed by atoms with Gasteiger partial charge in [-0.05, 0) is 91.9 Å². The third kappa shape index (κ3) is 5.58. The summed E-state index contributed by atoms with van der Waals surface area (Å²) in [5.41, 5.74) is 4.00. The molecule has 1 N–H and O–H groups in total. The molecule has 1 unspecified atom stereocenters. The first-order chi connectivity index (χ1) is 19.7. The van der Waals surface area contributed by atoms with Gasteiger partial charge < -0.3 is 19.5 Å². The molecule has 1 amide bonds. The van der Waals surface area contributed by atoms with Crippen molar-refractivity contribution in [2.75, 3.05) is 13.7 Å². The molecule has 212 valence electrons. The van der Waals surface area contributed by atoms with Crippen LogP contribution in [0.15, 0.2) is 60.7 Å². The fraction of sp³-hybridized carbons (Fsp3) is 0.281. The number of ether oxygens (including phenoxy) is 2. The highest BCUT2D eigenvalue weighted by Crippen LogP contribution is 2.32. The number of amides is 1. The lowest BCUT2D eigenvalue weighted by Crippen LogP contribution is -2.43. The van der Waals surface area contributed by atoms with Crippen LogP contribution < -0.4 is 9.47 Å². The fourth-order valence-electron chi connectivity index (χ4n) is 5.43. The number of fused-ring (bicyclic) bond motifs is 1. The van der Waals surface area contributed by atoms with Gasteiger partial charge in [-0.15, -0.1) is 0 Å². The van der Waals surface area contributed by atoms with Crippen molar-refractivity contribution in [3.63, 3.8) is 0 Å². The summed E-state index contributed by atoms with van der Waals surface area (Å²) in [6, 6.07) is 16.5. The molecule has 1 fully saturated rings. The number of aryl methyl sites for hydroxylation is 1. The maximum absolute atomic E-state index is 13.7. The summed E-state index contributed by atoms with van der Waals surface area (Å²) in [7, 11) is 1.51. The SMILES string of the molecule is COc1cc(C)ccc1OC(=O)C1CCCN1C(=O)Cc1c(C)n(C(=O)c2ccc(Cl)cc2)c2ccc(CO)cc12. The summed E-state index contributed by atoms with van der Waals surface area (Å²) in [5, 5.41) is 11.0. The highest BCUT2D eigenvalue weighted by Gasteiger charge is 2.36. The van der Waals surface area contributed by atoms with E-state index in [2.05, 4.69) is 0 Å². The van der Waals surface area contributed by atoms with Crippen molar-refractivity contribution in [3.05, 3.63) is 93.6 Å². The number of hydrogen-bond donors (Lipinski definition) is 1. The predicted octanol–water partition coefficient (Wildman–Crippen LogP) is 5.24. The molecule has 9 heteroatoms. The van der Waals surface area contributed by atoms with Crippen LogP contribution in [0.5, 0.6) is 11.5 Å². The van der Waals surface area contributed by atoms with E-state index in [0.717, 1.165) is 5.56 Å². The van der Waals surface area contributed by atoms with E-state index in [1.54, 1.807) is 71.0 Å². The van der Waals surface area contributed by atoms with Crippen LogP contribution in [0, 0.1) is 13.8 Å². The second-order valence-electron chi connectivity index (χ2n) is 10.2. The van der Waals surface area contributed by atoms with Crippen LogP contribution in [0.4, 0.5) is 0 Å². The predicted molar refractivity (Wildman–Crippen MR) is 156 cm³/mol. The van der Waals surface area contributed by atoms with Crippen molar-refractivity contribution < 1.29 is 29.0 Å². The Morgan fingerprint density at radius 2 is 1.76 bits per heavy atom. The highest BCUT2D eigenvalue weighted by atomic mass is 35.5. The standard InChI is InChI=1S/C32H31ClN2O6/c1-19-6-13-28(29(15-19)40-3)41-32(39)27-5-4-14-34(27)30(37)17-24-20(2)35(26-12-7-21(18-36)16-25(24)26)31(38)22-8-10-23(33)11-9-22/h6-13,15-16,27,36H,4-5,14,17-18H2,1-3H3. The van der Waals surface area contributed by atoms with Gasteiger partial charge in [0.25, 0.3) is 5.91 Å². The average molecular weight is 575 g/mol. The number of methoxy groups -OCH3 is 1. The summed E-state index contributed by atoms with van der Waals surface area (Å²) in [6.07, 6.45) is 1.14. The van der Waals surface area contributed by atoms with E-state index in [4.69, 9.17) is 21.1 Å². The minimum absolute atomic E-state index is 0.0181. The van der Waals surface area contributed by atoms with Crippen LogP contribution in [0.1, 0.15) is 45.6 Å². The van der Waals surface area contributed by atoms with Crippen molar-refractivity contribution in [1.82, 2.24) is 9.47 Å². The van der Waals surface area contributed by atoms with Crippen molar-refractivity contribution in [2.24, 2.45) is 0 Å². The van der Waals surface area contributed by atoms with Gasteiger partial charge >= 0.3 is 5.97 Å². The van der Waals surface area contributed by atoms with Crippen molar-refractivity contribution >= 4 is 40.3 Å². The summed E-state index contributed by atoms with van der Waals surface area (Å²) >= 11 is 6.02. The van der Waals surface area contributed by atoms with Gasteiger partial charge in [0.05, 0.1) is 25.7 Å². The van der Waals surface area contributed by atoms with E-state index < -0.39 is 12.0 Å². The molecule has 41 heavy (non-hydrogen) atoms. The number of esters is 1. The Hall–Kier alpha value is -4.14. The second kappa shape index (κ2) is 11.8. The van der Waals surface area contributed by atoms with Crippen molar-refractivity contribution in [1.29, 1.82) is 0 Å². The van der Waals surface area contributed by atoms with E-state index in [1.165, 1.54) is 7.11 Å². The van der Waals surface area contributed by atoms with Gasteiger partial charge in [0.2, 0.25) is 5.91 Å². The van der Waals surface area contributed by atoms with Crippen LogP contribution >= 0.6 is 11.6 Å². The number of carbonyl (C=O) groups is 3. The van der Waals surface area contributed by atoms with Crippen LogP contribution in [-0.2, 0) is 22.6 Å². The Kier molecular flexibility index (Phi) is 8.15. The van der Waals surface area contributed by atoms with Crippen molar-refractivity contribution in [2.45, 2.75) is 45.8 Å². The molecule has 0 spiro atoms. The average Bonchev–Trinajstić information content (AvgIpc) is 3.57. The number of hydrogen-bond acceptors (Lipinski definition) is 6. The molecule has 0 aliphatic carbocycles. The third-order valence-corrected chi connectivity index (χ3v) is 7.83. The fourth-order valence-corrected chi connectivity index (χ4v) is 5.56. The lowest BCUT2D eigenvalue weighted by Gasteiger charge is -2.24. The molecule has 0 saturated carbocycles. The quantitative estimate of drug-likeness (QED) is 0.239. The molecule has 0 radical (unpaired) electrons. The number of likely N-dealkylation sites (tertiary alicyclic amines) is 1. The molecule has 1 saturated heterocycles. The van der Waals surface area contributed by atoms with Gasteiger partial charge in [-0.25, -0.2) is 4.79 Å². The highest BCUT2D eigenvalue weighted by molar-refractivity contribution is 6.30. The number of benzene rings is 3. The summed E-state index contributed by atoms with van der Waals surface area (Å²) in [5.74, 6) is -0.260. The zero-order chi connectivity index (χ0) is 29.3. The molecular formula is C32H31ClN2O6. The van der Waals surface area contributed by atoms with E-state index >= 15 is 0 Å². The molecule has 4 aromatic rings. The van der Waals surface area contributed by atoms with Crippen LogP contribution in [-0.4, -0.2) is 52.1 Å². The molecule has 3 aromatic carbocycles. The second-order valence-corrected chi connectivity index (χ2v) is 10.7. The van der Waals surface area contributed by atoms with Gasteiger partial charge in [-0.1, -0.05) is 23.7 Å². The molecule has 2 heterocycles. The smallest absolute Gasteiger partial charge is 0.334 e. The number of aliphatic hydroxyl groups is 1. The molecule has 1 aromatic heterocycles. The van der Waals surface area contributed by atoms with Crippen molar-refractivity contribution in [3.8, 4) is 11.5 Å². The van der Waals surface area contributed by atoms with E-state index in [9.17, 15) is 19.5 Å². The molecule has 0 bridgehead atoms. The number of aromatic nitrogens is 1. The Morgan fingerprint density at radius 3 is 2.46 bits per heavy atom. The zero-order valence-corrected chi connectivity index (χ0v) is 23.9. The first-order valence-corrected chi connectivity index (χ1v) is 13.8. The molecule has 1 aliphatic heterocycles. The summed E-state index contributed by atoms with van der Waals surface area (Å²) in [4.78, 5) is 42.1. The van der Waals surface area contributed by atoms with Gasteiger partial charge in [-0.3, -0.25) is 14.2 Å². The Bertz CT molecular complexity index is 1640. The van der Waals surface area contributed by atoms with Crippen LogP contribution in [0.3, 0.4) is 0 Å². The molecule has 1 aliphatic rings. The minimum Gasteiger partial charge on any atom is -0.493 e. The lowest BCUT2D eigenvalue weighted by atomic mass is 10.0.